The maximum atomic E-state index is 5.26. The molecule has 0 amide bonds. The SMILES string of the molecule is CC1CC2NCCCN2C(=S)N1. The number of rotatable bonds is 0. The maximum absolute atomic E-state index is 5.26. The van der Waals surface area contributed by atoms with Gasteiger partial charge < -0.3 is 10.2 Å². The Balaban J connectivity index is 2.06. The van der Waals surface area contributed by atoms with E-state index in [0.29, 0.717) is 12.2 Å². The molecule has 3 nitrogen and oxygen atoms in total. The average Bonchev–Trinajstić information content (AvgIpc) is 2.04. The zero-order valence-electron chi connectivity index (χ0n) is 7.34. The van der Waals surface area contributed by atoms with Crippen LogP contribution in [0.4, 0.5) is 0 Å². The van der Waals surface area contributed by atoms with E-state index in [1.165, 1.54) is 6.42 Å². The third-order valence-electron chi connectivity index (χ3n) is 2.54. The fourth-order valence-corrected chi connectivity index (χ4v) is 2.34. The molecule has 2 N–H and O–H groups in total. The van der Waals surface area contributed by atoms with Gasteiger partial charge in [-0.3, -0.25) is 5.32 Å². The molecule has 0 aromatic carbocycles. The molecule has 2 aliphatic rings. The van der Waals surface area contributed by atoms with Crippen molar-refractivity contribution < 1.29 is 0 Å². The molecule has 68 valence electrons. The van der Waals surface area contributed by atoms with Gasteiger partial charge in [0.25, 0.3) is 0 Å². The highest BCUT2D eigenvalue weighted by Crippen LogP contribution is 2.15. The first-order chi connectivity index (χ1) is 5.77. The highest BCUT2D eigenvalue weighted by Gasteiger charge is 2.30. The minimum absolute atomic E-state index is 0.488. The molecule has 12 heavy (non-hydrogen) atoms. The van der Waals surface area contributed by atoms with Crippen LogP contribution < -0.4 is 10.6 Å². The number of fused-ring (bicyclic) bond motifs is 1. The van der Waals surface area contributed by atoms with Gasteiger partial charge in [0.2, 0.25) is 0 Å². The zero-order valence-corrected chi connectivity index (χ0v) is 8.16. The second kappa shape index (κ2) is 3.18. The summed E-state index contributed by atoms with van der Waals surface area (Å²) in [6.07, 6.45) is 2.84. The van der Waals surface area contributed by atoms with Gasteiger partial charge in [-0.1, -0.05) is 0 Å². The van der Waals surface area contributed by atoms with Crippen LogP contribution in [0.25, 0.3) is 0 Å². The van der Waals surface area contributed by atoms with Crippen molar-refractivity contribution in [3.63, 3.8) is 0 Å². The monoisotopic (exact) mass is 185 g/mol. The van der Waals surface area contributed by atoms with Gasteiger partial charge in [0, 0.05) is 19.0 Å². The number of thiocarbonyl (C=S) groups is 1. The van der Waals surface area contributed by atoms with Crippen molar-refractivity contribution in [1.82, 2.24) is 15.5 Å². The molecule has 2 unspecified atom stereocenters. The Bertz CT molecular complexity index is 195. The summed E-state index contributed by atoms with van der Waals surface area (Å²) >= 11 is 5.26. The molecule has 0 saturated carbocycles. The maximum Gasteiger partial charge on any atom is 0.170 e. The molecule has 4 heteroatoms. The normalized spacial score (nSPS) is 35.8. The summed E-state index contributed by atoms with van der Waals surface area (Å²) in [4.78, 5) is 2.26. The Hall–Kier alpha value is -0.350. The molecule has 0 radical (unpaired) electrons. The van der Waals surface area contributed by atoms with Crippen LogP contribution in [0.2, 0.25) is 0 Å². The van der Waals surface area contributed by atoms with E-state index in [1.54, 1.807) is 0 Å². The molecular formula is C8H15N3S. The van der Waals surface area contributed by atoms with E-state index in [1.807, 2.05) is 0 Å². The fraction of sp³-hybridized carbons (Fsp3) is 0.875. The molecule has 2 atom stereocenters. The van der Waals surface area contributed by atoms with Crippen molar-refractivity contribution >= 4 is 17.3 Å². The standard InChI is InChI=1S/C8H15N3S/c1-6-5-7-9-3-2-4-11(7)8(12)10-6/h6-7,9H,2-5H2,1H3,(H,10,12). The molecule has 2 aliphatic heterocycles. The first-order valence-corrected chi connectivity index (χ1v) is 4.99. The molecule has 2 heterocycles. The second-order valence-corrected chi connectivity index (χ2v) is 3.99. The summed E-state index contributed by atoms with van der Waals surface area (Å²) in [6.45, 7) is 4.42. The van der Waals surface area contributed by atoms with Crippen LogP contribution in [0.1, 0.15) is 19.8 Å². The third-order valence-corrected chi connectivity index (χ3v) is 2.89. The lowest BCUT2D eigenvalue weighted by atomic mass is 10.1. The predicted molar refractivity (Wildman–Crippen MR) is 52.9 cm³/mol. The van der Waals surface area contributed by atoms with Gasteiger partial charge in [-0.25, -0.2) is 0 Å². The lowest BCUT2D eigenvalue weighted by Gasteiger charge is -2.44. The first-order valence-electron chi connectivity index (χ1n) is 4.58. The topological polar surface area (TPSA) is 27.3 Å². The van der Waals surface area contributed by atoms with Crippen LogP contribution >= 0.6 is 12.2 Å². The smallest absolute Gasteiger partial charge is 0.170 e. The number of nitrogens with zero attached hydrogens (tertiary/aromatic N) is 1. The van der Waals surface area contributed by atoms with Crippen molar-refractivity contribution in [3.8, 4) is 0 Å². The second-order valence-electron chi connectivity index (χ2n) is 3.60. The zero-order chi connectivity index (χ0) is 8.55. The molecule has 2 rings (SSSR count). The van der Waals surface area contributed by atoms with Crippen molar-refractivity contribution in [2.45, 2.75) is 32.0 Å². The van der Waals surface area contributed by atoms with Crippen molar-refractivity contribution in [2.24, 2.45) is 0 Å². The van der Waals surface area contributed by atoms with Gasteiger partial charge >= 0.3 is 0 Å². The van der Waals surface area contributed by atoms with Crippen LogP contribution in [-0.4, -0.2) is 35.3 Å². The molecule has 0 aliphatic carbocycles. The van der Waals surface area contributed by atoms with Gasteiger partial charge in [0.05, 0.1) is 6.17 Å². The summed E-state index contributed by atoms with van der Waals surface area (Å²) in [6, 6.07) is 0.518. The number of hydrogen-bond donors (Lipinski definition) is 2. The molecule has 0 bridgehead atoms. The van der Waals surface area contributed by atoms with Crippen LogP contribution in [0.5, 0.6) is 0 Å². The fourth-order valence-electron chi connectivity index (χ4n) is 1.93. The van der Waals surface area contributed by atoms with Crippen LogP contribution in [0.3, 0.4) is 0 Å². The van der Waals surface area contributed by atoms with Gasteiger partial charge in [-0.05, 0) is 32.1 Å². The van der Waals surface area contributed by atoms with Crippen LogP contribution in [0, 0.1) is 0 Å². The molecule has 2 saturated heterocycles. The van der Waals surface area contributed by atoms with E-state index in [-0.39, 0.29) is 0 Å². The van der Waals surface area contributed by atoms with Crippen molar-refractivity contribution in [1.29, 1.82) is 0 Å². The van der Waals surface area contributed by atoms with Gasteiger partial charge in [0.15, 0.2) is 5.11 Å². The van der Waals surface area contributed by atoms with Gasteiger partial charge in [-0.2, -0.15) is 0 Å². The molecule has 0 aromatic heterocycles. The van der Waals surface area contributed by atoms with Gasteiger partial charge in [-0.15, -0.1) is 0 Å². The molecule has 2 fully saturated rings. The average molecular weight is 185 g/mol. The van der Waals surface area contributed by atoms with E-state index in [0.717, 1.165) is 24.6 Å². The summed E-state index contributed by atoms with van der Waals surface area (Å²) in [7, 11) is 0. The highest BCUT2D eigenvalue weighted by atomic mass is 32.1. The Morgan fingerprint density at radius 1 is 1.58 bits per heavy atom. The van der Waals surface area contributed by atoms with Crippen LogP contribution in [-0.2, 0) is 0 Å². The Labute approximate surface area is 78.5 Å². The summed E-state index contributed by atoms with van der Waals surface area (Å²) in [5.74, 6) is 0. The summed E-state index contributed by atoms with van der Waals surface area (Å²) < 4.78 is 0. The van der Waals surface area contributed by atoms with Crippen molar-refractivity contribution in [2.75, 3.05) is 13.1 Å². The summed E-state index contributed by atoms with van der Waals surface area (Å²) in [5.41, 5.74) is 0. The number of nitrogens with one attached hydrogen (secondary N) is 2. The predicted octanol–water partition coefficient (Wildman–Crippen LogP) is 0.275. The minimum atomic E-state index is 0.488. The number of hydrogen-bond acceptors (Lipinski definition) is 2. The van der Waals surface area contributed by atoms with Crippen LogP contribution in [0.15, 0.2) is 0 Å². The quantitative estimate of drug-likeness (QED) is 0.530. The van der Waals surface area contributed by atoms with E-state index in [4.69, 9.17) is 12.2 Å². The molecule has 0 aromatic rings. The highest BCUT2D eigenvalue weighted by molar-refractivity contribution is 7.80. The lowest BCUT2D eigenvalue weighted by Crippen LogP contribution is -2.63. The Kier molecular flexibility index (Phi) is 2.19. The van der Waals surface area contributed by atoms with E-state index in [2.05, 4.69) is 22.5 Å². The summed E-state index contributed by atoms with van der Waals surface area (Å²) in [5, 5.41) is 7.70. The molecular weight excluding hydrogens is 170 g/mol. The third kappa shape index (κ3) is 1.41. The minimum Gasteiger partial charge on any atom is -0.360 e. The Morgan fingerprint density at radius 2 is 2.42 bits per heavy atom. The van der Waals surface area contributed by atoms with E-state index >= 15 is 0 Å². The molecule has 0 spiro atoms. The van der Waals surface area contributed by atoms with Gasteiger partial charge in [0.1, 0.15) is 0 Å². The van der Waals surface area contributed by atoms with E-state index in [9.17, 15) is 0 Å². The first kappa shape index (κ1) is 8.26. The van der Waals surface area contributed by atoms with Crippen molar-refractivity contribution in [3.05, 3.63) is 0 Å². The largest absolute Gasteiger partial charge is 0.360 e. The van der Waals surface area contributed by atoms with E-state index < -0.39 is 0 Å². The lowest BCUT2D eigenvalue weighted by molar-refractivity contribution is 0.172. The Morgan fingerprint density at radius 3 is 3.25 bits per heavy atom.